The van der Waals surface area contributed by atoms with E-state index in [1.165, 1.54) is 18.4 Å². The van der Waals surface area contributed by atoms with Crippen LogP contribution in [0, 0.1) is 5.92 Å². The van der Waals surface area contributed by atoms with Gasteiger partial charge in [-0.2, -0.15) is 0 Å². The molecule has 33 heavy (non-hydrogen) atoms. The number of carbonyl (C=O) groups excluding carboxylic acids is 2. The van der Waals surface area contributed by atoms with Crippen molar-refractivity contribution in [3.05, 3.63) is 82.4 Å². The Bertz CT molecular complexity index is 938. The minimum Gasteiger partial charge on any atom is -0.354 e. The minimum absolute atomic E-state index is 0.0315. The van der Waals surface area contributed by atoms with Crippen LogP contribution in [0.3, 0.4) is 0 Å². The van der Waals surface area contributed by atoms with Crippen molar-refractivity contribution in [2.24, 2.45) is 5.92 Å². The number of hydrogen-bond donors (Lipinski definition) is 1. The molecule has 5 heteroatoms. The van der Waals surface area contributed by atoms with Crippen LogP contribution in [0.5, 0.6) is 0 Å². The van der Waals surface area contributed by atoms with E-state index in [0.717, 1.165) is 30.4 Å². The highest BCUT2D eigenvalue weighted by Crippen LogP contribution is 2.21. The standard InChI is InChI=1S/C28H35ClN2O2/c1-21(2)28(33)31(20-24-13-15-25(29)16-14-24)26(19-23-11-7-4-8-12-23)27(32)30-18-17-22-9-5-3-6-10-22/h4,7-9,11-16,21,26H,3,5-6,10,17-20H2,1-2H3,(H,30,32). The van der Waals surface area contributed by atoms with Gasteiger partial charge in [-0.1, -0.05) is 79.6 Å². The number of nitrogens with zero attached hydrogens (tertiary/aromatic N) is 1. The Balaban J connectivity index is 1.80. The maximum Gasteiger partial charge on any atom is 0.243 e. The molecule has 1 atom stereocenters. The van der Waals surface area contributed by atoms with Crippen LogP contribution >= 0.6 is 11.6 Å². The highest BCUT2D eigenvalue weighted by Gasteiger charge is 2.31. The van der Waals surface area contributed by atoms with Crippen LogP contribution in [0.2, 0.25) is 5.02 Å². The molecule has 1 N–H and O–H groups in total. The molecule has 2 aromatic carbocycles. The van der Waals surface area contributed by atoms with E-state index < -0.39 is 6.04 Å². The molecule has 0 radical (unpaired) electrons. The van der Waals surface area contributed by atoms with Crippen LogP contribution in [0.15, 0.2) is 66.2 Å². The highest BCUT2D eigenvalue weighted by atomic mass is 35.5. The summed E-state index contributed by atoms with van der Waals surface area (Å²) in [5.74, 6) is -0.343. The van der Waals surface area contributed by atoms with E-state index in [4.69, 9.17) is 11.6 Å². The van der Waals surface area contributed by atoms with Gasteiger partial charge in [0, 0.05) is 30.5 Å². The third kappa shape index (κ3) is 7.75. The Morgan fingerprint density at radius 3 is 2.36 bits per heavy atom. The van der Waals surface area contributed by atoms with Crippen LogP contribution in [-0.2, 0) is 22.6 Å². The number of rotatable bonds is 10. The molecule has 0 bridgehead atoms. The lowest BCUT2D eigenvalue weighted by molar-refractivity contribution is -0.143. The first kappa shape index (κ1) is 25.0. The first-order chi connectivity index (χ1) is 15.9. The van der Waals surface area contributed by atoms with Gasteiger partial charge in [-0.15, -0.1) is 0 Å². The molecule has 1 aliphatic rings. The summed E-state index contributed by atoms with van der Waals surface area (Å²) in [5.41, 5.74) is 3.41. The molecule has 0 saturated heterocycles. The zero-order valence-corrected chi connectivity index (χ0v) is 20.5. The van der Waals surface area contributed by atoms with Crippen LogP contribution in [0.25, 0.3) is 0 Å². The Kier molecular flexibility index (Phi) is 9.56. The van der Waals surface area contributed by atoms with Gasteiger partial charge in [-0.25, -0.2) is 0 Å². The van der Waals surface area contributed by atoms with Gasteiger partial charge < -0.3 is 10.2 Å². The predicted octanol–water partition coefficient (Wildman–Crippen LogP) is 5.94. The molecule has 4 nitrogen and oxygen atoms in total. The fraction of sp³-hybridized carbons (Fsp3) is 0.429. The summed E-state index contributed by atoms with van der Waals surface area (Å²) in [6.07, 6.45) is 8.41. The number of amides is 2. The van der Waals surface area contributed by atoms with E-state index in [1.807, 2.05) is 68.4 Å². The van der Waals surface area contributed by atoms with Crippen LogP contribution < -0.4 is 5.32 Å². The largest absolute Gasteiger partial charge is 0.354 e. The Morgan fingerprint density at radius 1 is 1.00 bits per heavy atom. The van der Waals surface area contributed by atoms with Gasteiger partial charge in [0.25, 0.3) is 0 Å². The SMILES string of the molecule is CC(C)C(=O)N(Cc1ccc(Cl)cc1)C(Cc1ccccc1)C(=O)NCCC1=CCCCC1. The Labute approximate surface area is 203 Å². The summed E-state index contributed by atoms with van der Waals surface area (Å²) in [4.78, 5) is 28.5. The molecule has 0 aliphatic heterocycles. The summed E-state index contributed by atoms with van der Waals surface area (Å²) in [6, 6.07) is 16.8. The lowest BCUT2D eigenvalue weighted by atomic mass is 9.97. The monoisotopic (exact) mass is 466 g/mol. The zero-order chi connectivity index (χ0) is 23.6. The number of benzene rings is 2. The average Bonchev–Trinajstić information content (AvgIpc) is 2.83. The molecule has 0 heterocycles. The van der Waals surface area contributed by atoms with Crippen molar-refractivity contribution in [2.75, 3.05) is 6.54 Å². The van der Waals surface area contributed by atoms with Crippen molar-refractivity contribution < 1.29 is 9.59 Å². The average molecular weight is 467 g/mol. The molecular weight excluding hydrogens is 432 g/mol. The van der Waals surface area contributed by atoms with E-state index in [2.05, 4.69) is 11.4 Å². The number of allylic oxidation sites excluding steroid dienone is 1. The van der Waals surface area contributed by atoms with Gasteiger partial charge in [0.05, 0.1) is 0 Å². The predicted molar refractivity (Wildman–Crippen MR) is 135 cm³/mol. The molecule has 3 rings (SSSR count). The molecule has 0 saturated carbocycles. The fourth-order valence-electron chi connectivity index (χ4n) is 4.24. The number of carbonyl (C=O) groups is 2. The topological polar surface area (TPSA) is 49.4 Å². The molecule has 1 unspecified atom stereocenters. The molecule has 2 aromatic rings. The third-order valence-corrected chi connectivity index (χ3v) is 6.38. The second kappa shape index (κ2) is 12.6. The van der Waals surface area contributed by atoms with Gasteiger partial charge in [0.15, 0.2) is 0 Å². The van der Waals surface area contributed by atoms with E-state index >= 15 is 0 Å². The maximum atomic E-state index is 13.5. The summed E-state index contributed by atoms with van der Waals surface area (Å²) < 4.78 is 0. The van der Waals surface area contributed by atoms with Crippen LogP contribution in [0.1, 0.15) is 57.1 Å². The van der Waals surface area contributed by atoms with E-state index in [1.54, 1.807) is 4.90 Å². The summed E-state index contributed by atoms with van der Waals surface area (Å²) in [5, 5.41) is 3.77. The van der Waals surface area contributed by atoms with Gasteiger partial charge >= 0.3 is 0 Å². The molecule has 0 aromatic heterocycles. The Morgan fingerprint density at radius 2 is 1.73 bits per heavy atom. The van der Waals surface area contributed by atoms with Crippen LogP contribution in [0.4, 0.5) is 0 Å². The van der Waals surface area contributed by atoms with Crippen molar-refractivity contribution in [3.63, 3.8) is 0 Å². The molecule has 1 aliphatic carbocycles. The van der Waals surface area contributed by atoms with E-state index in [0.29, 0.717) is 24.5 Å². The first-order valence-electron chi connectivity index (χ1n) is 12.0. The van der Waals surface area contributed by atoms with Crippen molar-refractivity contribution in [2.45, 2.75) is 65.0 Å². The minimum atomic E-state index is -0.585. The molecule has 0 spiro atoms. The van der Waals surface area contributed by atoms with E-state index in [-0.39, 0.29) is 17.7 Å². The summed E-state index contributed by atoms with van der Waals surface area (Å²) in [6.45, 7) is 4.72. The quantitative estimate of drug-likeness (QED) is 0.440. The van der Waals surface area contributed by atoms with Crippen molar-refractivity contribution >= 4 is 23.4 Å². The first-order valence-corrected chi connectivity index (χ1v) is 12.4. The normalized spacial score (nSPS) is 14.5. The van der Waals surface area contributed by atoms with Crippen LogP contribution in [-0.4, -0.2) is 29.3 Å². The number of nitrogens with one attached hydrogen (secondary N) is 1. The summed E-state index contributed by atoms with van der Waals surface area (Å²) >= 11 is 6.05. The van der Waals surface area contributed by atoms with Crippen molar-refractivity contribution in [1.82, 2.24) is 10.2 Å². The number of hydrogen-bond acceptors (Lipinski definition) is 2. The Hall–Kier alpha value is -2.59. The smallest absolute Gasteiger partial charge is 0.243 e. The maximum absolute atomic E-state index is 13.5. The zero-order valence-electron chi connectivity index (χ0n) is 19.7. The van der Waals surface area contributed by atoms with Gasteiger partial charge in [0.1, 0.15) is 6.04 Å². The van der Waals surface area contributed by atoms with E-state index in [9.17, 15) is 9.59 Å². The summed E-state index contributed by atoms with van der Waals surface area (Å²) in [7, 11) is 0. The lowest BCUT2D eigenvalue weighted by Crippen LogP contribution is -2.51. The molecular formula is C28H35ClN2O2. The molecule has 2 amide bonds. The fourth-order valence-corrected chi connectivity index (χ4v) is 4.36. The van der Waals surface area contributed by atoms with Crippen molar-refractivity contribution in [1.29, 1.82) is 0 Å². The van der Waals surface area contributed by atoms with Gasteiger partial charge in [-0.05, 0) is 55.4 Å². The highest BCUT2D eigenvalue weighted by molar-refractivity contribution is 6.30. The molecule has 0 fully saturated rings. The number of halogens is 1. The van der Waals surface area contributed by atoms with Gasteiger partial charge in [-0.3, -0.25) is 9.59 Å². The molecule has 176 valence electrons. The lowest BCUT2D eigenvalue weighted by Gasteiger charge is -2.33. The third-order valence-electron chi connectivity index (χ3n) is 6.12. The van der Waals surface area contributed by atoms with Gasteiger partial charge in [0.2, 0.25) is 11.8 Å². The van der Waals surface area contributed by atoms with Crippen molar-refractivity contribution in [3.8, 4) is 0 Å². The second-order valence-corrected chi connectivity index (χ2v) is 9.54. The second-order valence-electron chi connectivity index (χ2n) is 9.10.